The summed E-state index contributed by atoms with van der Waals surface area (Å²) in [6.45, 7) is 3.09. The van der Waals surface area contributed by atoms with Crippen LogP contribution in [-0.2, 0) is 9.59 Å². The van der Waals surface area contributed by atoms with E-state index >= 15 is 0 Å². The second-order valence-electron chi connectivity index (χ2n) is 5.15. The fourth-order valence-corrected chi connectivity index (χ4v) is 2.07. The fraction of sp³-hybridized carbons (Fsp3) is 0.429. The van der Waals surface area contributed by atoms with Crippen molar-refractivity contribution in [3.63, 3.8) is 0 Å². The number of carbonyl (C=O) groups is 2. The van der Waals surface area contributed by atoms with Crippen molar-refractivity contribution in [1.82, 2.24) is 5.32 Å². The normalized spacial score (nSPS) is 21.4. The molecule has 1 aliphatic rings. The highest BCUT2D eigenvalue weighted by molar-refractivity contribution is 5.95. The first-order chi connectivity index (χ1) is 9.49. The fourth-order valence-electron chi connectivity index (χ4n) is 2.07. The number of hydrogen-bond donors (Lipinski definition) is 3. The smallest absolute Gasteiger partial charge is 0.341 e. The van der Waals surface area contributed by atoms with E-state index < -0.39 is 5.97 Å². The van der Waals surface area contributed by atoms with E-state index in [1.807, 2.05) is 6.92 Å². The van der Waals surface area contributed by atoms with Crippen LogP contribution in [0.2, 0.25) is 0 Å². The van der Waals surface area contributed by atoms with Gasteiger partial charge in [0.2, 0.25) is 5.91 Å². The molecule has 20 heavy (non-hydrogen) atoms. The maximum atomic E-state index is 12.2. The molecule has 0 aliphatic carbocycles. The van der Waals surface area contributed by atoms with Crippen LogP contribution < -0.4 is 15.4 Å². The van der Waals surface area contributed by atoms with E-state index in [4.69, 9.17) is 9.84 Å². The molecule has 0 spiro atoms. The Morgan fingerprint density at radius 3 is 2.65 bits per heavy atom. The third kappa shape index (κ3) is 3.48. The van der Waals surface area contributed by atoms with Crippen molar-refractivity contribution in [3.05, 3.63) is 24.3 Å². The topological polar surface area (TPSA) is 87.7 Å². The third-order valence-electron chi connectivity index (χ3n) is 3.39. The van der Waals surface area contributed by atoms with Crippen molar-refractivity contribution >= 4 is 17.6 Å². The number of anilines is 1. The van der Waals surface area contributed by atoms with Crippen molar-refractivity contribution in [2.75, 3.05) is 25.0 Å². The molecule has 0 radical (unpaired) electrons. The quantitative estimate of drug-likeness (QED) is 0.750. The lowest BCUT2D eigenvalue weighted by atomic mass is 9.89. The summed E-state index contributed by atoms with van der Waals surface area (Å²) in [4.78, 5) is 22.6. The first-order valence-corrected chi connectivity index (χ1v) is 6.46. The van der Waals surface area contributed by atoms with E-state index in [1.54, 1.807) is 24.3 Å². The molecule has 1 fully saturated rings. The molecule has 2 rings (SSSR count). The molecule has 1 heterocycles. The molecule has 1 unspecified atom stereocenters. The standard InChI is InChI=1S/C14H18N2O4/c1-14(6-7-15-9-14)13(19)16-10-2-4-11(5-3-10)20-8-12(17)18/h2-5,15H,6-9H2,1H3,(H,16,19)(H,17,18). The summed E-state index contributed by atoms with van der Waals surface area (Å²) in [5.74, 6) is -0.579. The van der Waals surface area contributed by atoms with E-state index in [2.05, 4.69) is 10.6 Å². The predicted molar refractivity (Wildman–Crippen MR) is 73.8 cm³/mol. The number of aliphatic carboxylic acids is 1. The monoisotopic (exact) mass is 278 g/mol. The molecule has 1 aliphatic heterocycles. The summed E-state index contributed by atoms with van der Waals surface area (Å²) in [6, 6.07) is 6.66. The second-order valence-corrected chi connectivity index (χ2v) is 5.15. The number of amides is 1. The second kappa shape index (κ2) is 5.92. The van der Waals surface area contributed by atoms with Gasteiger partial charge in [-0.1, -0.05) is 0 Å². The summed E-state index contributed by atoms with van der Waals surface area (Å²) in [5.41, 5.74) is 0.296. The minimum atomic E-state index is -1.02. The Morgan fingerprint density at radius 1 is 1.40 bits per heavy atom. The van der Waals surface area contributed by atoms with Gasteiger partial charge in [-0.05, 0) is 44.2 Å². The van der Waals surface area contributed by atoms with Gasteiger partial charge in [-0.2, -0.15) is 0 Å². The van der Waals surface area contributed by atoms with Crippen LogP contribution >= 0.6 is 0 Å². The summed E-state index contributed by atoms with van der Waals surface area (Å²) in [5, 5.41) is 14.6. The number of rotatable bonds is 5. The largest absolute Gasteiger partial charge is 0.482 e. The van der Waals surface area contributed by atoms with E-state index in [-0.39, 0.29) is 17.9 Å². The first kappa shape index (κ1) is 14.3. The number of carbonyl (C=O) groups excluding carboxylic acids is 1. The van der Waals surface area contributed by atoms with Crippen molar-refractivity contribution in [2.45, 2.75) is 13.3 Å². The summed E-state index contributed by atoms with van der Waals surface area (Å²) >= 11 is 0. The van der Waals surface area contributed by atoms with Crippen LogP contribution in [0.25, 0.3) is 0 Å². The minimum absolute atomic E-state index is 0.0123. The highest BCUT2D eigenvalue weighted by atomic mass is 16.5. The number of hydrogen-bond acceptors (Lipinski definition) is 4. The molecule has 0 aromatic heterocycles. The van der Waals surface area contributed by atoms with Gasteiger partial charge in [0.25, 0.3) is 0 Å². The van der Waals surface area contributed by atoms with Gasteiger partial charge in [-0.25, -0.2) is 4.79 Å². The Bertz CT molecular complexity index is 492. The Kier molecular flexibility index (Phi) is 4.24. The number of carboxylic acids is 1. The molecule has 6 heteroatoms. The molecule has 1 aromatic rings. The average Bonchev–Trinajstić information content (AvgIpc) is 2.86. The van der Waals surface area contributed by atoms with E-state index in [1.165, 1.54) is 0 Å². The van der Waals surface area contributed by atoms with Gasteiger partial charge < -0.3 is 20.5 Å². The summed E-state index contributed by atoms with van der Waals surface area (Å²) < 4.78 is 5.02. The number of nitrogens with one attached hydrogen (secondary N) is 2. The maximum absolute atomic E-state index is 12.2. The molecule has 3 N–H and O–H groups in total. The van der Waals surface area contributed by atoms with E-state index in [9.17, 15) is 9.59 Å². The molecule has 0 bridgehead atoms. The van der Waals surface area contributed by atoms with Gasteiger partial charge in [0.15, 0.2) is 6.61 Å². The molecule has 1 atom stereocenters. The van der Waals surface area contributed by atoms with Gasteiger partial charge in [0.1, 0.15) is 5.75 Å². The molecule has 1 amide bonds. The van der Waals surface area contributed by atoms with Crippen molar-refractivity contribution < 1.29 is 19.4 Å². The van der Waals surface area contributed by atoms with Gasteiger partial charge in [-0.15, -0.1) is 0 Å². The van der Waals surface area contributed by atoms with Crippen LogP contribution in [0.3, 0.4) is 0 Å². The van der Waals surface area contributed by atoms with Gasteiger partial charge in [0.05, 0.1) is 5.41 Å². The maximum Gasteiger partial charge on any atom is 0.341 e. The van der Waals surface area contributed by atoms with Crippen LogP contribution in [0.1, 0.15) is 13.3 Å². The lowest BCUT2D eigenvalue weighted by molar-refractivity contribution is -0.139. The number of carboxylic acid groups (broad SMARTS) is 1. The lowest BCUT2D eigenvalue weighted by Crippen LogP contribution is -2.35. The highest BCUT2D eigenvalue weighted by Gasteiger charge is 2.36. The SMILES string of the molecule is CC1(C(=O)Nc2ccc(OCC(=O)O)cc2)CCNC1. The molecule has 108 valence electrons. The predicted octanol–water partition coefficient (Wildman–Crippen LogP) is 1.09. The van der Waals surface area contributed by atoms with E-state index in [0.29, 0.717) is 18.0 Å². The van der Waals surface area contributed by atoms with Crippen LogP contribution in [0, 0.1) is 5.41 Å². The number of ether oxygens (including phenoxy) is 1. The Balaban J connectivity index is 1.93. The zero-order valence-corrected chi connectivity index (χ0v) is 11.3. The van der Waals surface area contributed by atoms with Crippen LogP contribution in [0.4, 0.5) is 5.69 Å². The summed E-state index contributed by atoms with van der Waals surface area (Å²) in [6.07, 6.45) is 0.818. The van der Waals surface area contributed by atoms with Crippen molar-refractivity contribution in [3.8, 4) is 5.75 Å². The Labute approximate surface area is 117 Å². The zero-order chi connectivity index (χ0) is 14.6. The molecule has 1 saturated heterocycles. The van der Waals surface area contributed by atoms with Crippen LogP contribution in [-0.4, -0.2) is 36.7 Å². The third-order valence-corrected chi connectivity index (χ3v) is 3.39. The number of benzene rings is 1. The zero-order valence-electron chi connectivity index (χ0n) is 11.3. The average molecular weight is 278 g/mol. The van der Waals surface area contributed by atoms with Gasteiger partial charge in [-0.3, -0.25) is 4.79 Å². The van der Waals surface area contributed by atoms with Gasteiger partial charge in [0, 0.05) is 12.2 Å². The highest BCUT2D eigenvalue weighted by Crippen LogP contribution is 2.26. The van der Waals surface area contributed by atoms with Crippen LogP contribution in [0.5, 0.6) is 5.75 Å². The molecule has 1 aromatic carbocycles. The Hall–Kier alpha value is -2.08. The van der Waals surface area contributed by atoms with Crippen LogP contribution in [0.15, 0.2) is 24.3 Å². The molecular formula is C14H18N2O4. The van der Waals surface area contributed by atoms with Crippen molar-refractivity contribution in [2.24, 2.45) is 5.41 Å². The molecule has 6 nitrogen and oxygen atoms in total. The first-order valence-electron chi connectivity index (χ1n) is 6.46. The minimum Gasteiger partial charge on any atom is -0.482 e. The Morgan fingerprint density at radius 2 is 2.10 bits per heavy atom. The lowest BCUT2D eigenvalue weighted by Gasteiger charge is -2.21. The summed E-state index contributed by atoms with van der Waals surface area (Å²) in [7, 11) is 0. The van der Waals surface area contributed by atoms with E-state index in [0.717, 1.165) is 13.0 Å². The van der Waals surface area contributed by atoms with Crippen molar-refractivity contribution in [1.29, 1.82) is 0 Å². The van der Waals surface area contributed by atoms with Gasteiger partial charge >= 0.3 is 5.97 Å². The molecular weight excluding hydrogens is 260 g/mol. The molecule has 0 saturated carbocycles.